The molecule has 0 fully saturated rings. The summed E-state index contributed by atoms with van der Waals surface area (Å²) in [6.45, 7) is 4.01. The van der Waals surface area contributed by atoms with Crippen LogP contribution in [0.5, 0.6) is 0 Å². The number of carbonyl (C=O) groups excluding carboxylic acids is 1. The van der Waals surface area contributed by atoms with Gasteiger partial charge in [-0.2, -0.15) is 5.10 Å². The van der Waals surface area contributed by atoms with Crippen LogP contribution in [-0.4, -0.2) is 15.7 Å². The van der Waals surface area contributed by atoms with Crippen LogP contribution in [0.15, 0.2) is 30.6 Å². The van der Waals surface area contributed by atoms with E-state index in [9.17, 15) is 4.79 Å². The molecular weight excluding hydrogens is 278 g/mol. The third-order valence-electron chi connectivity index (χ3n) is 2.77. The number of amides is 1. The van der Waals surface area contributed by atoms with Crippen LogP contribution < -0.4 is 16.6 Å². The molecule has 0 atom stereocenters. The fourth-order valence-corrected chi connectivity index (χ4v) is 1.89. The van der Waals surface area contributed by atoms with Crippen molar-refractivity contribution in [3.8, 4) is 0 Å². The lowest BCUT2D eigenvalue weighted by molar-refractivity contribution is 0.102. The Bertz CT molecular complexity index is 623. The van der Waals surface area contributed by atoms with Crippen molar-refractivity contribution in [2.45, 2.75) is 19.9 Å². The molecular formula is C13H16ClN5O. The molecule has 0 bridgehead atoms. The lowest BCUT2D eigenvalue weighted by Crippen LogP contribution is -2.17. The molecule has 1 heterocycles. The zero-order valence-corrected chi connectivity index (χ0v) is 12.0. The van der Waals surface area contributed by atoms with Gasteiger partial charge in [0.2, 0.25) is 0 Å². The highest BCUT2D eigenvalue weighted by Gasteiger charge is 2.13. The van der Waals surface area contributed by atoms with Crippen LogP contribution in [0.4, 0.5) is 11.4 Å². The number of nitrogens with zero attached hydrogens (tertiary/aromatic N) is 2. The van der Waals surface area contributed by atoms with Gasteiger partial charge in [-0.05, 0) is 32.0 Å². The Hall–Kier alpha value is -2.05. The number of carbonyl (C=O) groups is 1. The average Bonchev–Trinajstić information content (AvgIpc) is 2.87. The van der Waals surface area contributed by atoms with E-state index in [-0.39, 0.29) is 11.9 Å². The highest BCUT2D eigenvalue weighted by Crippen LogP contribution is 2.21. The van der Waals surface area contributed by atoms with Crippen molar-refractivity contribution in [3.05, 3.63) is 41.2 Å². The maximum Gasteiger partial charge on any atom is 0.257 e. The van der Waals surface area contributed by atoms with Gasteiger partial charge < -0.3 is 10.7 Å². The van der Waals surface area contributed by atoms with E-state index in [0.29, 0.717) is 22.0 Å². The minimum absolute atomic E-state index is 0.230. The Morgan fingerprint density at radius 1 is 1.45 bits per heavy atom. The van der Waals surface area contributed by atoms with Crippen molar-refractivity contribution in [1.29, 1.82) is 0 Å². The second kappa shape index (κ2) is 5.94. The summed E-state index contributed by atoms with van der Waals surface area (Å²) in [5.74, 6) is 5.08. The van der Waals surface area contributed by atoms with Crippen LogP contribution in [0.1, 0.15) is 30.2 Å². The number of halogens is 1. The van der Waals surface area contributed by atoms with Crippen molar-refractivity contribution in [2.24, 2.45) is 5.84 Å². The lowest BCUT2D eigenvalue weighted by Gasteiger charge is -2.09. The van der Waals surface area contributed by atoms with E-state index in [1.165, 1.54) is 0 Å². The summed E-state index contributed by atoms with van der Waals surface area (Å²) >= 11 is 5.90. The summed E-state index contributed by atoms with van der Waals surface area (Å²) in [6.07, 6.45) is 3.36. The van der Waals surface area contributed by atoms with Gasteiger partial charge in [0.25, 0.3) is 5.91 Å². The van der Waals surface area contributed by atoms with Gasteiger partial charge in [0.05, 0.1) is 23.1 Å². The Morgan fingerprint density at radius 3 is 2.80 bits per heavy atom. The number of nitrogens with one attached hydrogen (secondary N) is 2. The maximum absolute atomic E-state index is 12.2. The number of hydrazine groups is 1. The van der Waals surface area contributed by atoms with Crippen LogP contribution in [0.3, 0.4) is 0 Å². The Balaban J connectivity index is 2.21. The van der Waals surface area contributed by atoms with Gasteiger partial charge in [0.15, 0.2) is 0 Å². The minimum Gasteiger partial charge on any atom is -0.323 e. The second-order valence-corrected chi connectivity index (χ2v) is 5.03. The topological polar surface area (TPSA) is 85.0 Å². The monoisotopic (exact) mass is 293 g/mol. The Kier molecular flexibility index (Phi) is 4.26. The van der Waals surface area contributed by atoms with E-state index in [1.807, 2.05) is 13.8 Å². The van der Waals surface area contributed by atoms with Crippen molar-refractivity contribution in [2.75, 3.05) is 10.7 Å². The first-order valence-electron chi connectivity index (χ1n) is 6.13. The van der Waals surface area contributed by atoms with E-state index in [4.69, 9.17) is 17.4 Å². The normalized spacial score (nSPS) is 10.7. The molecule has 106 valence electrons. The summed E-state index contributed by atoms with van der Waals surface area (Å²) in [4.78, 5) is 12.2. The predicted molar refractivity (Wildman–Crippen MR) is 79.8 cm³/mol. The number of hydrogen-bond acceptors (Lipinski definition) is 4. The quantitative estimate of drug-likeness (QED) is 0.597. The number of nitrogen functional groups attached to an aromatic ring is 1. The lowest BCUT2D eigenvalue weighted by atomic mass is 10.1. The van der Waals surface area contributed by atoms with Crippen LogP contribution >= 0.6 is 11.6 Å². The summed E-state index contributed by atoms with van der Waals surface area (Å²) in [7, 11) is 0. The molecule has 2 aromatic rings. The molecule has 1 aromatic carbocycles. The molecule has 0 spiro atoms. The van der Waals surface area contributed by atoms with E-state index in [0.717, 1.165) is 0 Å². The highest BCUT2D eigenvalue weighted by atomic mass is 35.5. The number of hydrogen-bond donors (Lipinski definition) is 3. The molecule has 4 N–H and O–H groups in total. The average molecular weight is 294 g/mol. The molecule has 0 radical (unpaired) electrons. The van der Waals surface area contributed by atoms with Gasteiger partial charge >= 0.3 is 0 Å². The summed E-state index contributed by atoms with van der Waals surface area (Å²) in [5, 5.41) is 7.38. The van der Waals surface area contributed by atoms with Gasteiger partial charge in [-0.25, -0.2) is 0 Å². The molecule has 7 heteroatoms. The molecule has 20 heavy (non-hydrogen) atoms. The van der Waals surface area contributed by atoms with Crippen LogP contribution in [-0.2, 0) is 0 Å². The fourth-order valence-electron chi connectivity index (χ4n) is 1.71. The van der Waals surface area contributed by atoms with Crippen LogP contribution in [0.2, 0.25) is 5.02 Å². The first-order chi connectivity index (χ1) is 9.51. The first-order valence-corrected chi connectivity index (χ1v) is 6.50. The number of anilines is 2. The zero-order valence-electron chi connectivity index (χ0n) is 11.2. The van der Waals surface area contributed by atoms with Crippen molar-refractivity contribution in [1.82, 2.24) is 9.78 Å². The maximum atomic E-state index is 12.2. The van der Waals surface area contributed by atoms with Crippen molar-refractivity contribution in [3.63, 3.8) is 0 Å². The molecule has 0 aliphatic rings. The molecule has 2 rings (SSSR count). The smallest absolute Gasteiger partial charge is 0.257 e. The molecule has 0 unspecified atom stereocenters. The van der Waals surface area contributed by atoms with Gasteiger partial charge in [-0.3, -0.25) is 15.3 Å². The van der Waals surface area contributed by atoms with Crippen molar-refractivity contribution >= 4 is 28.9 Å². The van der Waals surface area contributed by atoms with E-state index in [2.05, 4.69) is 15.8 Å². The van der Waals surface area contributed by atoms with Gasteiger partial charge in [0.1, 0.15) is 0 Å². The number of benzene rings is 1. The molecule has 0 saturated heterocycles. The van der Waals surface area contributed by atoms with Crippen molar-refractivity contribution < 1.29 is 4.79 Å². The molecule has 1 aromatic heterocycles. The second-order valence-electron chi connectivity index (χ2n) is 4.59. The van der Waals surface area contributed by atoms with E-state index in [1.54, 1.807) is 35.3 Å². The van der Waals surface area contributed by atoms with Crippen LogP contribution in [0, 0.1) is 0 Å². The third kappa shape index (κ3) is 3.09. The van der Waals surface area contributed by atoms with Gasteiger partial charge in [0, 0.05) is 17.3 Å². The number of aromatic nitrogens is 2. The van der Waals surface area contributed by atoms with Crippen LogP contribution in [0.25, 0.3) is 0 Å². The fraction of sp³-hybridized carbons (Fsp3) is 0.231. The van der Waals surface area contributed by atoms with Gasteiger partial charge in [-0.1, -0.05) is 11.6 Å². The summed E-state index contributed by atoms with van der Waals surface area (Å²) in [5.41, 5.74) is 3.97. The molecule has 1 amide bonds. The Morgan fingerprint density at radius 2 is 2.20 bits per heavy atom. The van der Waals surface area contributed by atoms with Gasteiger partial charge in [-0.15, -0.1) is 0 Å². The first kappa shape index (κ1) is 14.4. The SMILES string of the molecule is CC(C)n1cc(NC(=O)c2cc(Cl)ccc2NN)cn1. The minimum atomic E-state index is -0.302. The standard InChI is InChI=1S/C13H16ClN5O/c1-8(2)19-7-10(6-16-19)17-13(20)11-5-9(14)3-4-12(11)18-15/h3-8,18H,15H2,1-2H3,(H,17,20). The number of nitrogens with two attached hydrogens (primary N) is 1. The number of rotatable bonds is 4. The molecule has 0 saturated carbocycles. The molecule has 6 nitrogen and oxygen atoms in total. The molecule has 0 aliphatic carbocycles. The summed E-state index contributed by atoms with van der Waals surface area (Å²) < 4.78 is 1.76. The Labute approximate surface area is 121 Å². The predicted octanol–water partition coefficient (Wildman–Crippen LogP) is 2.66. The third-order valence-corrected chi connectivity index (χ3v) is 3.01. The molecule has 0 aliphatic heterocycles. The summed E-state index contributed by atoms with van der Waals surface area (Å²) in [6, 6.07) is 5.09. The highest BCUT2D eigenvalue weighted by molar-refractivity contribution is 6.31. The van der Waals surface area contributed by atoms with E-state index >= 15 is 0 Å². The zero-order chi connectivity index (χ0) is 14.7. The van der Waals surface area contributed by atoms with E-state index < -0.39 is 0 Å². The largest absolute Gasteiger partial charge is 0.323 e.